The minimum atomic E-state index is 0.234. The van der Waals surface area contributed by atoms with Crippen LogP contribution in [0.3, 0.4) is 0 Å². The molecular weight excluding hydrogens is 415 g/mol. The van der Waals surface area contributed by atoms with Crippen LogP contribution in [0, 0.1) is 0 Å². The van der Waals surface area contributed by atoms with Gasteiger partial charge in [-0.05, 0) is 71.3 Å². The zero-order valence-corrected chi connectivity index (χ0v) is 18.5. The van der Waals surface area contributed by atoms with Gasteiger partial charge in [0.05, 0.1) is 5.69 Å². The molecule has 160 valence electrons. The van der Waals surface area contributed by atoms with Crippen molar-refractivity contribution in [3.05, 3.63) is 121 Å². The maximum Gasteiger partial charge on any atom is 0.221 e. The fourth-order valence-corrected chi connectivity index (χ4v) is 5.49. The van der Waals surface area contributed by atoms with Gasteiger partial charge in [0, 0.05) is 29.5 Å². The number of hydrogen-bond acceptors (Lipinski definition) is 4. The Bertz CT molecular complexity index is 1500. The Labute approximate surface area is 199 Å². The first-order chi connectivity index (χ1) is 16.9. The van der Waals surface area contributed by atoms with Crippen molar-refractivity contribution in [1.29, 1.82) is 0 Å². The predicted octanol–water partition coefficient (Wildman–Crippen LogP) is 5.43. The minimum Gasteiger partial charge on any atom is -0.296 e. The lowest BCUT2D eigenvalue weighted by atomic mass is 9.36. The highest BCUT2D eigenvalue weighted by Gasteiger charge is 2.40. The average Bonchev–Trinajstić information content (AvgIpc) is 3.05. The molecule has 0 saturated carbocycles. The first-order valence-electron chi connectivity index (χ1n) is 11.6. The van der Waals surface area contributed by atoms with Gasteiger partial charge in [-0.3, -0.25) is 9.80 Å². The normalized spacial score (nSPS) is 13.6. The van der Waals surface area contributed by atoms with Crippen LogP contribution in [0.1, 0.15) is 5.56 Å². The molecule has 2 aliphatic rings. The number of benzene rings is 3. The van der Waals surface area contributed by atoms with Gasteiger partial charge in [-0.1, -0.05) is 54.6 Å². The molecule has 0 fully saturated rings. The number of rotatable bonds is 2. The summed E-state index contributed by atoms with van der Waals surface area (Å²) in [6, 6.07) is 36.3. The molecule has 7 rings (SSSR count). The third-order valence-corrected chi connectivity index (χ3v) is 6.86. The maximum atomic E-state index is 4.76. The third-order valence-electron chi connectivity index (χ3n) is 6.86. The Hall–Kier alpha value is -4.38. The van der Waals surface area contributed by atoms with E-state index in [1.54, 1.807) is 0 Å². The van der Waals surface area contributed by atoms with Crippen LogP contribution in [0.2, 0.25) is 0 Å². The lowest BCUT2D eigenvalue weighted by molar-refractivity contribution is 1.16. The number of hydrogen-bond donors (Lipinski definition) is 0. The average molecular weight is 436 g/mol. The molecule has 2 aromatic heterocycles. The molecule has 0 bridgehead atoms. The summed E-state index contributed by atoms with van der Waals surface area (Å²) in [7, 11) is 0. The van der Waals surface area contributed by atoms with Gasteiger partial charge in [-0.15, -0.1) is 0 Å². The van der Waals surface area contributed by atoms with E-state index in [9.17, 15) is 0 Å². The van der Waals surface area contributed by atoms with Crippen molar-refractivity contribution < 1.29 is 0 Å². The largest absolute Gasteiger partial charge is 0.296 e. The molecular formula is C29H21BN4. The second-order valence-electron chi connectivity index (χ2n) is 8.70. The van der Waals surface area contributed by atoms with E-state index in [2.05, 4.69) is 101 Å². The molecule has 5 heteroatoms. The van der Waals surface area contributed by atoms with Crippen LogP contribution in [-0.2, 0) is 6.32 Å². The second kappa shape index (κ2) is 7.60. The van der Waals surface area contributed by atoms with E-state index >= 15 is 0 Å². The van der Waals surface area contributed by atoms with Crippen LogP contribution in [0.4, 0.5) is 34.4 Å². The summed E-state index contributed by atoms with van der Waals surface area (Å²) in [4.78, 5) is 14.1. The summed E-state index contributed by atoms with van der Waals surface area (Å²) >= 11 is 0. The van der Waals surface area contributed by atoms with Crippen LogP contribution in [0.15, 0.2) is 116 Å². The molecule has 3 aromatic carbocycles. The maximum absolute atomic E-state index is 4.76. The summed E-state index contributed by atoms with van der Waals surface area (Å²) in [5.74, 6) is 1.85. The highest BCUT2D eigenvalue weighted by Crippen LogP contribution is 2.43. The Balaban J connectivity index is 1.57. The number of nitrogens with zero attached hydrogens (tertiary/aromatic N) is 4. The predicted molar refractivity (Wildman–Crippen MR) is 140 cm³/mol. The van der Waals surface area contributed by atoms with Gasteiger partial charge >= 0.3 is 0 Å². The molecule has 34 heavy (non-hydrogen) atoms. The van der Waals surface area contributed by atoms with Crippen molar-refractivity contribution in [2.45, 2.75) is 6.32 Å². The van der Waals surface area contributed by atoms with E-state index in [0.717, 1.165) is 18.0 Å². The number of pyridine rings is 2. The Kier molecular flexibility index (Phi) is 4.27. The van der Waals surface area contributed by atoms with Crippen LogP contribution < -0.4 is 20.7 Å². The smallest absolute Gasteiger partial charge is 0.221 e. The van der Waals surface area contributed by atoms with Crippen LogP contribution >= 0.6 is 0 Å². The van der Waals surface area contributed by atoms with E-state index in [0.29, 0.717) is 0 Å². The van der Waals surface area contributed by atoms with Crippen molar-refractivity contribution in [2.75, 3.05) is 9.80 Å². The first-order valence-corrected chi connectivity index (χ1v) is 11.6. The molecule has 0 N–H and O–H groups in total. The Morgan fingerprint density at radius 2 is 1.09 bits per heavy atom. The molecule has 0 amide bonds. The zero-order chi connectivity index (χ0) is 22.5. The number of fused-ring (bicyclic) bond motifs is 3. The molecule has 0 aliphatic carbocycles. The SMILES string of the molecule is c1ccc(N2c3ccccc3CB3c4ccccc4N(c4ccccn4)c4cccc2c43)nc1. The van der Waals surface area contributed by atoms with Gasteiger partial charge in [0.25, 0.3) is 0 Å². The zero-order valence-electron chi connectivity index (χ0n) is 18.5. The van der Waals surface area contributed by atoms with Crippen LogP contribution in [-0.4, -0.2) is 16.7 Å². The Morgan fingerprint density at radius 1 is 0.529 bits per heavy atom. The standard InChI is InChI=1S/C29H21BN4/c1-3-12-23-21(10-1)20-30-22-11-2-4-13-24(22)34(28-17-6-8-19-32-28)26-15-9-14-25(29(26)30)33(23)27-16-5-7-18-31-27/h1-19H,20H2. The first kappa shape index (κ1) is 19.1. The quantitative estimate of drug-likeness (QED) is 0.346. The lowest BCUT2D eigenvalue weighted by Crippen LogP contribution is -2.52. The molecule has 0 atom stereocenters. The number of para-hydroxylation sites is 2. The fourth-order valence-electron chi connectivity index (χ4n) is 5.49. The van der Waals surface area contributed by atoms with Crippen molar-refractivity contribution >= 4 is 52.0 Å². The van der Waals surface area contributed by atoms with Crippen molar-refractivity contribution in [3.8, 4) is 0 Å². The van der Waals surface area contributed by atoms with Gasteiger partial charge < -0.3 is 0 Å². The molecule has 5 aromatic rings. The highest BCUT2D eigenvalue weighted by molar-refractivity contribution is 6.89. The minimum absolute atomic E-state index is 0.234. The second-order valence-corrected chi connectivity index (χ2v) is 8.70. The highest BCUT2D eigenvalue weighted by atomic mass is 15.2. The summed E-state index contributed by atoms with van der Waals surface area (Å²) in [6.07, 6.45) is 4.66. The van der Waals surface area contributed by atoms with E-state index < -0.39 is 0 Å². The van der Waals surface area contributed by atoms with Gasteiger partial charge in [-0.2, -0.15) is 0 Å². The van der Waals surface area contributed by atoms with Crippen LogP contribution in [0.25, 0.3) is 0 Å². The molecule has 0 radical (unpaired) electrons. The summed E-state index contributed by atoms with van der Waals surface area (Å²) in [5.41, 5.74) is 8.68. The van der Waals surface area contributed by atoms with E-state index in [1.165, 1.54) is 39.2 Å². The van der Waals surface area contributed by atoms with Gasteiger partial charge in [0.15, 0.2) is 0 Å². The number of anilines is 6. The Morgan fingerprint density at radius 3 is 1.76 bits per heavy atom. The fraction of sp³-hybridized carbons (Fsp3) is 0.0345. The third kappa shape index (κ3) is 2.80. The van der Waals surface area contributed by atoms with E-state index in [-0.39, 0.29) is 6.71 Å². The van der Waals surface area contributed by atoms with Crippen molar-refractivity contribution in [1.82, 2.24) is 9.97 Å². The van der Waals surface area contributed by atoms with Crippen molar-refractivity contribution in [3.63, 3.8) is 0 Å². The van der Waals surface area contributed by atoms with Crippen molar-refractivity contribution in [2.24, 2.45) is 0 Å². The monoisotopic (exact) mass is 436 g/mol. The summed E-state index contributed by atoms with van der Waals surface area (Å²) in [5, 5.41) is 0. The molecule has 0 unspecified atom stereocenters. The van der Waals surface area contributed by atoms with Gasteiger partial charge in [0.1, 0.15) is 11.6 Å². The molecule has 0 saturated heterocycles. The molecule has 2 aliphatic heterocycles. The molecule has 0 spiro atoms. The van der Waals surface area contributed by atoms with Gasteiger partial charge in [-0.25, -0.2) is 9.97 Å². The lowest BCUT2D eigenvalue weighted by Gasteiger charge is -2.37. The summed E-state index contributed by atoms with van der Waals surface area (Å²) < 4.78 is 0. The van der Waals surface area contributed by atoms with Crippen LogP contribution in [0.5, 0.6) is 0 Å². The topological polar surface area (TPSA) is 32.3 Å². The van der Waals surface area contributed by atoms with Gasteiger partial charge in [0.2, 0.25) is 6.71 Å². The van der Waals surface area contributed by atoms with E-state index in [1.807, 2.05) is 24.5 Å². The molecule has 4 heterocycles. The van der Waals surface area contributed by atoms with E-state index in [4.69, 9.17) is 9.97 Å². The molecule has 4 nitrogen and oxygen atoms in total. The summed E-state index contributed by atoms with van der Waals surface area (Å²) in [6.45, 7) is 0.234. The number of aromatic nitrogens is 2.